The van der Waals surface area contributed by atoms with Gasteiger partial charge in [-0.25, -0.2) is 4.98 Å². The molecule has 0 aliphatic carbocycles. The summed E-state index contributed by atoms with van der Waals surface area (Å²) in [6, 6.07) is 0. The first-order chi connectivity index (χ1) is 8.50. The molecule has 1 aromatic rings. The van der Waals surface area contributed by atoms with E-state index in [2.05, 4.69) is 20.6 Å². The lowest BCUT2D eigenvalue weighted by Crippen LogP contribution is -2.28. The number of carbonyl (C=O) groups excluding carboxylic acids is 1. The summed E-state index contributed by atoms with van der Waals surface area (Å²) in [4.78, 5) is 28.8. The van der Waals surface area contributed by atoms with Gasteiger partial charge in [-0.05, 0) is 5.92 Å². The summed E-state index contributed by atoms with van der Waals surface area (Å²) in [6.45, 7) is 5.08. The molecule has 1 rings (SSSR count). The van der Waals surface area contributed by atoms with Gasteiger partial charge >= 0.3 is 0 Å². The maximum absolute atomic E-state index is 11.4. The van der Waals surface area contributed by atoms with Crippen LogP contribution in [0.15, 0.2) is 11.1 Å². The minimum atomic E-state index is -0.404. The molecule has 100 valence electrons. The van der Waals surface area contributed by atoms with Crippen LogP contribution in [0.1, 0.15) is 20.3 Å². The van der Waals surface area contributed by atoms with Crippen LogP contribution in [0.25, 0.3) is 0 Å². The molecular weight excluding hydrogens is 256 g/mol. The molecule has 0 atom stereocenters. The molecule has 0 aliphatic rings. The number of aromatic amines is 1. The van der Waals surface area contributed by atoms with Gasteiger partial charge < -0.3 is 15.6 Å². The SMILES string of the molecule is CC(C)CNC(=O)CCNc1nc[nH]c(=O)c1Cl. The third-order valence-electron chi connectivity index (χ3n) is 2.15. The highest BCUT2D eigenvalue weighted by Gasteiger charge is 2.06. The summed E-state index contributed by atoms with van der Waals surface area (Å²) >= 11 is 5.74. The molecule has 0 bridgehead atoms. The van der Waals surface area contributed by atoms with Gasteiger partial charge in [0.2, 0.25) is 5.91 Å². The van der Waals surface area contributed by atoms with Gasteiger partial charge in [-0.2, -0.15) is 0 Å². The van der Waals surface area contributed by atoms with Crippen molar-refractivity contribution < 1.29 is 4.79 Å². The van der Waals surface area contributed by atoms with E-state index < -0.39 is 5.56 Å². The topological polar surface area (TPSA) is 86.9 Å². The van der Waals surface area contributed by atoms with Gasteiger partial charge in [0.1, 0.15) is 5.02 Å². The highest BCUT2D eigenvalue weighted by Crippen LogP contribution is 2.11. The Kier molecular flexibility index (Phi) is 5.64. The molecule has 6 nitrogen and oxygen atoms in total. The number of carbonyl (C=O) groups is 1. The zero-order chi connectivity index (χ0) is 13.5. The van der Waals surface area contributed by atoms with Crippen molar-refractivity contribution in [2.45, 2.75) is 20.3 Å². The van der Waals surface area contributed by atoms with Crippen molar-refractivity contribution in [1.82, 2.24) is 15.3 Å². The molecule has 0 fully saturated rings. The normalized spacial score (nSPS) is 10.4. The molecule has 1 amide bonds. The van der Waals surface area contributed by atoms with Crippen LogP contribution < -0.4 is 16.2 Å². The quantitative estimate of drug-likeness (QED) is 0.721. The van der Waals surface area contributed by atoms with Gasteiger partial charge in [0.25, 0.3) is 5.56 Å². The van der Waals surface area contributed by atoms with E-state index in [4.69, 9.17) is 11.6 Å². The number of aromatic nitrogens is 2. The number of H-pyrrole nitrogens is 1. The van der Waals surface area contributed by atoms with Gasteiger partial charge in [0, 0.05) is 19.5 Å². The summed E-state index contributed by atoms with van der Waals surface area (Å²) in [5.41, 5.74) is -0.404. The number of nitrogens with one attached hydrogen (secondary N) is 3. The Morgan fingerprint density at radius 2 is 2.28 bits per heavy atom. The molecule has 18 heavy (non-hydrogen) atoms. The molecule has 0 saturated heterocycles. The van der Waals surface area contributed by atoms with E-state index in [0.29, 0.717) is 25.4 Å². The molecule has 1 heterocycles. The van der Waals surface area contributed by atoms with Crippen molar-refractivity contribution in [3.05, 3.63) is 21.7 Å². The average molecular weight is 273 g/mol. The predicted octanol–water partition coefficient (Wildman–Crippen LogP) is 0.997. The number of amides is 1. The highest BCUT2D eigenvalue weighted by molar-refractivity contribution is 6.32. The van der Waals surface area contributed by atoms with Crippen molar-refractivity contribution in [1.29, 1.82) is 0 Å². The lowest BCUT2D eigenvalue weighted by atomic mass is 10.2. The van der Waals surface area contributed by atoms with Crippen molar-refractivity contribution in [3.8, 4) is 0 Å². The molecule has 1 aromatic heterocycles. The van der Waals surface area contributed by atoms with E-state index in [-0.39, 0.29) is 16.7 Å². The maximum Gasteiger partial charge on any atom is 0.271 e. The second kappa shape index (κ2) is 7.00. The first-order valence-corrected chi connectivity index (χ1v) is 6.12. The Bertz CT molecular complexity index is 459. The lowest BCUT2D eigenvalue weighted by molar-refractivity contribution is -0.120. The molecular formula is C11H17ClN4O2. The molecule has 7 heteroatoms. The fourth-order valence-electron chi connectivity index (χ4n) is 1.21. The number of halogens is 1. The Labute approximate surface area is 110 Å². The zero-order valence-electron chi connectivity index (χ0n) is 10.4. The van der Waals surface area contributed by atoms with Crippen LogP contribution in [0.4, 0.5) is 5.82 Å². The van der Waals surface area contributed by atoms with Gasteiger partial charge in [-0.15, -0.1) is 0 Å². The third-order valence-corrected chi connectivity index (χ3v) is 2.50. The summed E-state index contributed by atoms with van der Waals surface area (Å²) in [6.07, 6.45) is 1.56. The minimum Gasteiger partial charge on any atom is -0.368 e. The fourth-order valence-corrected chi connectivity index (χ4v) is 1.38. The van der Waals surface area contributed by atoms with Gasteiger partial charge in [-0.3, -0.25) is 9.59 Å². The number of hydrogen-bond donors (Lipinski definition) is 3. The third kappa shape index (κ3) is 4.75. The van der Waals surface area contributed by atoms with Crippen LogP contribution in [0.3, 0.4) is 0 Å². The van der Waals surface area contributed by atoms with E-state index in [9.17, 15) is 9.59 Å². The van der Waals surface area contributed by atoms with E-state index in [1.165, 1.54) is 6.33 Å². The molecule has 0 spiro atoms. The van der Waals surface area contributed by atoms with E-state index in [1.807, 2.05) is 13.8 Å². The standard InChI is InChI=1S/C11H17ClN4O2/c1-7(2)5-14-8(17)3-4-13-10-9(12)11(18)16-6-15-10/h6-7H,3-5H2,1-2H3,(H,14,17)(H2,13,15,16,18). The molecule has 0 aromatic carbocycles. The highest BCUT2D eigenvalue weighted by atomic mass is 35.5. The molecule has 0 aliphatic heterocycles. The summed E-state index contributed by atoms with van der Waals surface area (Å²) in [5.74, 6) is 0.667. The first kappa shape index (κ1) is 14.5. The Morgan fingerprint density at radius 1 is 1.56 bits per heavy atom. The van der Waals surface area contributed by atoms with Crippen LogP contribution in [-0.2, 0) is 4.79 Å². The summed E-state index contributed by atoms with van der Waals surface area (Å²) < 4.78 is 0. The van der Waals surface area contributed by atoms with Gasteiger partial charge in [0.05, 0.1) is 6.33 Å². The first-order valence-electron chi connectivity index (χ1n) is 5.74. The Balaban J connectivity index is 2.35. The fraction of sp³-hybridized carbons (Fsp3) is 0.545. The van der Waals surface area contributed by atoms with Crippen LogP contribution >= 0.6 is 11.6 Å². The van der Waals surface area contributed by atoms with Gasteiger partial charge in [0.15, 0.2) is 5.82 Å². The van der Waals surface area contributed by atoms with E-state index in [1.54, 1.807) is 0 Å². The van der Waals surface area contributed by atoms with Crippen LogP contribution in [0, 0.1) is 5.92 Å². The average Bonchev–Trinajstić information content (AvgIpc) is 2.32. The monoisotopic (exact) mass is 272 g/mol. The minimum absolute atomic E-state index is 0.0000820. The number of hydrogen-bond acceptors (Lipinski definition) is 4. The molecule has 0 unspecified atom stereocenters. The Hall–Kier alpha value is -1.56. The second-order valence-electron chi connectivity index (χ2n) is 4.27. The Morgan fingerprint density at radius 3 is 2.94 bits per heavy atom. The van der Waals surface area contributed by atoms with Crippen LogP contribution in [0.2, 0.25) is 5.02 Å². The van der Waals surface area contributed by atoms with Crippen molar-refractivity contribution in [2.75, 3.05) is 18.4 Å². The number of nitrogens with zero attached hydrogens (tertiary/aromatic N) is 1. The van der Waals surface area contributed by atoms with E-state index in [0.717, 1.165) is 0 Å². The van der Waals surface area contributed by atoms with Crippen LogP contribution in [-0.4, -0.2) is 29.0 Å². The van der Waals surface area contributed by atoms with Crippen molar-refractivity contribution >= 4 is 23.3 Å². The van der Waals surface area contributed by atoms with Crippen LogP contribution in [0.5, 0.6) is 0 Å². The zero-order valence-corrected chi connectivity index (χ0v) is 11.2. The maximum atomic E-state index is 11.4. The smallest absolute Gasteiger partial charge is 0.271 e. The van der Waals surface area contributed by atoms with Crippen molar-refractivity contribution in [3.63, 3.8) is 0 Å². The van der Waals surface area contributed by atoms with Crippen molar-refractivity contribution in [2.24, 2.45) is 5.92 Å². The number of rotatable bonds is 6. The van der Waals surface area contributed by atoms with Gasteiger partial charge in [-0.1, -0.05) is 25.4 Å². The lowest BCUT2D eigenvalue weighted by Gasteiger charge is -2.08. The summed E-state index contributed by atoms with van der Waals surface area (Å²) in [7, 11) is 0. The van der Waals surface area contributed by atoms with E-state index >= 15 is 0 Å². The predicted molar refractivity (Wildman–Crippen MR) is 70.8 cm³/mol. The largest absolute Gasteiger partial charge is 0.368 e. The second-order valence-corrected chi connectivity index (χ2v) is 4.65. The molecule has 3 N–H and O–H groups in total. The summed E-state index contributed by atoms with van der Waals surface area (Å²) in [5, 5.41) is 5.64. The number of anilines is 1. The molecule has 0 saturated carbocycles. The molecule has 0 radical (unpaired) electrons.